The normalized spacial score (nSPS) is 12.3. The van der Waals surface area contributed by atoms with Crippen LogP contribution < -0.4 is 10.5 Å². The molecule has 0 bridgehead atoms. The molecular weight excluding hydrogens is 230 g/mol. The first-order valence-electron chi connectivity index (χ1n) is 5.80. The molecule has 1 unspecified atom stereocenters. The molecule has 1 heterocycles. The van der Waals surface area contributed by atoms with E-state index >= 15 is 0 Å². The first-order chi connectivity index (χ1) is 8.63. The quantitative estimate of drug-likeness (QED) is 0.779. The molecule has 0 aliphatic rings. The minimum Gasteiger partial charge on any atom is -0.491 e. The average molecular weight is 247 g/mol. The van der Waals surface area contributed by atoms with Gasteiger partial charge in [0, 0.05) is 11.9 Å². The lowest BCUT2D eigenvalue weighted by atomic mass is 10.3. The molecule has 1 aromatic carbocycles. The maximum Gasteiger partial charge on any atom is 0.119 e. The van der Waals surface area contributed by atoms with Gasteiger partial charge in [-0.2, -0.15) is 5.10 Å². The van der Waals surface area contributed by atoms with Crippen molar-refractivity contribution in [2.45, 2.75) is 19.6 Å². The van der Waals surface area contributed by atoms with Crippen molar-refractivity contribution in [3.05, 3.63) is 42.2 Å². The predicted octanol–water partition coefficient (Wildman–Crippen LogP) is 1.21. The van der Waals surface area contributed by atoms with E-state index in [1.807, 2.05) is 19.2 Å². The smallest absolute Gasteiger partial charge is 0.119 e. The van der Waals surface area contributed by atoms with Crippen LogP contribution in [0.4, 0.5) is 5.69 Å². The summed E-state index contributed by atoms with van der Waals surface area (Å²) in [5.41, 5.74) is 7.19. The molecule has 18 heavy (non-hydrogen) atoms. The van der Waals surface area contributed by atoms with E-state index in [0.717, 1.165) is 5.69 Å². The predicted molar refractivity (Wildman–Crippen MR) is 69.3 cm³/mol. The summed E-state index contributed by atoms with van der Waals surface area (Å²) in [6.07, 6.45) is 1.24. The van der Waals surface area contributed by atoms with E-state index in [-0.39, 0.29) is 6.61 Å². The van der Waals surface area contributed by atoms with Crippen molar-refractivity contribution in [3.63, 3.8) is 0 Å². The Bertz CT molecular complexity index is 493. The molecule has 0 saturated carbocycles. The van der Waals surface area contributed by atoms with Gasteiger partial charge in [-0.15, -0.1) is 0 Å². The molecule has 0 amide bonds. The second-order valence-electron chi connectivity index (χ2n) is 4.21. The Labute approximate surface area is 106 Å². The lowest BCUT2D eigenvalue weighted by molar-refractivity contribution is 0.0893. The number of hydrogen-bond acceptors (Lipinski definition) is 4. The average Bonchev–Trinajstić information content (AvgIpc) is 2.74. The second kappa shape index (κ2) is 5.55. The molecule has 0 aliphatic carbocycles. The molecule has 2 rings (SSSR count). The van der Waals surface area contributed by atoms with Crippen molar-refractivity contribution < 1.29 is 9.84 Å². The van der Waals surface area contributed by atoms with Gasteiger partial charge in [0.15, 0.2) is 0 Å². The van der Waals surface area contributed by atoms with Crippen LogP contribution in [0.25, 0.3) is 0 Å². The lowest BCUT2D eigenvalue weighted by Crippen LogP contribution is -2.23. The number of aliphatic hydroxyl groups is 1. The van der Waals surface area contributed by atoms with Crippen molar-refractivity contribution in [1.82, 2.24) is 9.78 Å². The molecule has 3 N–H and O–H groups in total. The largest absolute Gasteiger partial charge is 0.491 e. The Morgan fingerprint density at radius 3 is 2.67 bits per heavy atom. The maximum atomic E-state index is 9.82. The molecule has 0 spiro atoms. The van der Waals surface area contributed by atoms with Gasteiger partial charge < -0.3 is 15.6 Å². The van der Waals surface area contributed by atoms with Gasteiger partial charge >= 0.3 is 0 Å². The highest BCUT2D eigenvalue weighted by Gasteiger charge is 2.07. The number of nitrogen functional groups attached to an aromatic ring is 1. The standard InChI is InChI=1S/C13H17N3O2/c1-10-6-7-16(15-10)8-12(17)9-18-13-4-2-11(14)3-5-13/h2-7,12,17H,8-9,14H2,1H3. The van der Waals surface area contributed by atoms with E-state index in [1.165, 1.54) is 0 Å². The van der Waals surface area contributed by atoms with Crippen LogP contribution in [0, 0.1) is 6.92 Å². The third-order valence-electron chi connectivity index (χ3n) is 2.49. The van der Waals surface area contributed by atoms with E-state index in [4.69, 9.17) is 10.5 Å². The monoisotopic (exact) mass is 247 g/mol. The Balaban J connectivity index is 1.81. The molecule has 1 atom stereocenters. The van der Waals surface area contributed by atoms with E-state index in [0.29, 0.717) is 18.0 Å². The van der Waals surface area contributed by atoms with Crippen molar-refractivity contribution in [2.75, 3.05) is 12.3 Å². The van der Waals surface area contributed by atoms with Crippen LogP contribution in [-0.4, -0.2) is 27.6 Å². The number of ether oxygens (including phenoxy) is 1. The number of nitrogens with two attached hydrogens (primary N) is 1. The van der Waals surface area contributed by atoms with Crippen LogP contribution >= 0.6 is 0 Å². The van der Waals surface area contributed by atoms with Crippen LogP contribution in [0.5, 0.6) is 5.75 Å². The molecule has 96 valence electrons. The van der Waals surface area contributed by atoms with Gasteiger partial charge in [0.05, 0.1) is 12.2 Å². The van der Waals surface area contributed by atoms with Crippen molar-refractivity contribution in [3.8, 4) is 5.75 Å². The number of nitrogens with zero attached hydrogens (tertiary/aromatic N) is 2. The minimum absolute atomic E-state index is 0.225. The molecule has 0 saturated heterocycles. The highest BCUT2D eigenvalue weighted by Crippen LogP contribution is 2.13. The van der Waals surface area contributed by atoms with E-state index in [9.17, 15) is 5.11 Å². The zero-order valence-corrected chi connectivity index (χ0v) is 10.3. The van der Waals surface area contributed by atoms with Crippen LogP contribution in [0.15, 0.2) is 36.5 Å². The number of aryl methyl sites for hydroxylation is 1. The number of benzene rings is 1. The SMILES string of the molecule is Cc1ccn(CC(O)COc2ccc(N)cc2)n1. The molecule has 0 aliphatic heterocycles. The Hall–Kier alpha value is -2.01. The first kappa shape index (κ1) is 12.4. The zero-order chi connectivity index (χ0) is 13.0. The third-order valence-corrected chi connectivity index (χ3v) is 2.49. The fourth-order valence-corrected chi connectivity index (χ4v) is 1.59. The lowest BCUT2D eigenvalue weighted by Gasteiger charge is -2.12. The Kier molecular flexibility index (Phi) is 3.84. The number of hydrogen-bond donors (Lipinski definition) is 2. The molecule has 0 radical (unpaired) electrons. The molecule has 5 heteroatoms. The maximum absolute atomic E-state index is 9.82. The van der Waals surface area contributed by atoms with Crippen LogP contribution in [-0.2, 0) is 6.54 Å². The first-order valence-corrected chi connectivity index (χ1v) is 5.80. The van der Waals surface area contributed by atoms with Crippen molar-refractivity contribution in [2.24, 2.45) is 0 Å². The summed E-state index contributed by atoms with van der Waals surface area (Å²) in [6, 6.07) is 8.98. The van der Waals surface area contributed by atoms with Crippen molar-refractivity contribution >= 4 is 5.69 Å². The molecule has 2 aromatic rings. The Morgan fingerprint density at radius 1 is 1.33 bits per heavy atom. The summed E-state index contributed by atoms with van der Waals surface area (Å²) >= 11 is 0. The summed E-state index contributed by atoms with van der Waals surface area (Å²) in [4.78, 5) is 0. The van der Waals surface area contributed by atoms with Gasteiger partial charge in [-0.25, -0.2) is 0 Å². The molecule has 1 aromatic heterocycles. The number of aromatic nitrogens is 2. The van der Waals surface area contributed by atoms with Crippen LogP contribution in [0.1, 0.15) is 5.69 Å². The third kappa shape index (κ3) is 3.49. The highest BCUT2D eigenvalue weighted by atomic mass is 16.5. The fraction of sp³-hybridized carbons (Fsp3) is 0.308. The summed E-state index contributed by atoms with van der Waals surface area (Å²) in [6.45, 7) is 2.55. The summed E-state index contributed by atoms with van der Waals surface area (Å²) in [5, 5.41) is 14.0. The minimum atomic E-state index is -0.596. The summed E-state index contributed by atoms with van der Waals surface area (Å²) < 4.78 is 7.16. The van der Waals surface area contributed by atoms with Crippen LogP contribution in [0.3, 0.4) is 0 Å². The van der Waals surface area contributed by atoms with E-state index in [2.05, 4.69) is 5.10 Å². The van der Waals surface area contributed by atoms with Gasteiger partial charge in [0.25, 0.3) is 0 Å². The molecular formula is C13H17N3O2. The zero-order valence-electron chi connectivity index (χ0n) is 10.3. The molecule has 0 fully saturated rings. The van der Waals surface area contributed by atoms with Gasteiger partial charge in [0.1, 0.15) is 18.5 Å². The summed E-state index contributed by atoms with van der Waals surface area (Å²) in [7, 11) is 0. The number of rotatable bonds is 5. The molecule has 5 nitrogen and oxygen atoms in total. The summed E-state index contributed by atoms with van der Waals surface area (Å²) in [5.74, 6) is 0.694. The van der Waals surface area contributed by atoms with E-state index < -0.39 is 6.10 Å². The fourth-order valence-electron chi connectivity index (χ4n) is 1.59. The van der Waals surface area contributed by atoms with Crippen molar-refractivity contribution in [1.29, 1.82) is 0 Å². The Morgan fingerprint density at radius 2 is 2.06 bits per heavy atom. The van der Waals surface area contributed by atoms with Gasteiger partial charge in [-0.3, -0.25) is 4.68 Å². The second-order valence-corrected chi connectivity index (χ2v) is 4.21. The van der Waals surface area contributed by atoms with Gasteiger partial charge in [0.2, 0.25) is 0 Å². The van der Waals surface area contributed by atoms with Crippen LogP contribution in [0.2, 0.25) is 0 Å². The number of anilines is 1. The highest BCUT2D eigenvalue weighted by molar-refractivity contribution is 5.41. The van der Waals surface area contributed by atoms with E-state index in [1.54, 1.807) is 28.9 Å². The van der Waals surface area contributed by atoms with Gasteiger partial charge in [-0.05, 0) is 37.3 Å². The number of aliphatic hydroxyl groups excluding tert-OH is 1. The topological polar surface area (TPSA) is 73.3 Å². The van der Waals surface area contributed by atoms with Gasteiger partial charge in [-0.1, -0.05) is 0 Å².